The van der Waals surface area contributed by atoms with Crippen LogP contribution in [-0.4, -0.2) is 35.6 Å². The van der Waals surface area contributed by atoms with E-state index in [1.807, 2.05) is 13.8 Å². The highest BCUT2D eigenvalue weighted by Gasteiger charge is 2.24. The van der Waals surface area contributed by atoms with Gasteiger partial charge in [-0.15, -0.1) is 6.42 Å². The second-order valence-electron chi connectivity index (χ2n) is 3.48. The number of rotatable bonds is 7. The number of terminal acetylenes is 1. The summed E-state index contributed by atoms with van der Waals surface area (Å²) in [5.74, 6) is 1.28. The first-order chi connectivity index (χ1) is 7.49. The van der Waals surface area contributed by atoms with Crippen molar-refractivity contribution in [2.75, 3.05) is 13.1 Å². The Morgan fingerprint density at radius 2 is 1.88 bits per heavy atom. The molecule has 0 radical (unpaired) electrons. The first-order valence-corrected chi connectivity index (χ1v) is 5.21. The zero-order valence-corrected chi connectivity index (χ0v) is 9.67. The van der Waals surface area contributed by atoms with Crippen LogP contribution >= 0.6 is 0 Å². The van der Waals surface area contributed by atoms with E-state index in [0.29, 0.717) is 12.8 Å². The highest BCUT2D eigenvalue weighted by molar-refractivity contribution is 5.80. The maximum absolute atomic E-state index is 11.5. The maximum atomic E-state index is 11.5. The van der Waals surface area contributed by atoms with E-state index in [9.17, 15) is 9.59 Å². The van der Waals surface area contributed by atoms with Crippen molar-refractivity contribution in [1.82, 2.24) is 10.6 Å². The van der Waals surface area contributed by atoms with Crippen LogP contribution < -0.4 is 10.6 Å². The third-order valence-corrected chi connectivity index (χ3v) is 2.42. The molecule has 5 nitrogen and oxygen atoms in total. The lowest BCUT2D eigenvalue weighted by Gasteiger charge is -2.27. The number of carboxylic acid groups (broad SMARTS) is 1. The molecular formula is C11H18N2O3. The van der Waals surface area contributed by atoms with Gasteiger partial charge in [-0.25, -0.2) is 0 Å². The Balaban J connectivity index is 4.12. The van der Waals surface area contributed by atoms with Crippen LogP contribution in [0.4, 0.5) is 0 Å². The lowest BCUT2D eigenvalue weighted by Crippen LogP contribution is -2.49. The molecule has 0 aromatic heterocycles. The summed E-state index contributed by atoms with van der Waals surface area (Å²) in [4.78, 5) is 21.7. The van der Waals surface area contributed by atoms with Gasteiger partial charge in [0.05, 0.1) is 13.1 Å². The highest BCUT2D eigenvalue weighted by Crippen LogP contribution is 2.12. The first kappa shape index (κ1) is 14.5. The van der Waals surface area contributed by atoms with E-state index in [1.54, 1.807) is 0 Å². The molecule has 0 aliphatic carbocycles. The molecule has 0 saturated carbocycles. The van der Waals surface area contributed by atoms with Gasteiger partial charge in [0.15, 0.2) is 0 Å². The molecule has 0 rings (SSSR count). The van der Waals surface area contributed by atoms with Gasteiger partial charge in [0.1, 0.15) is 5.54 Å². The van der Waals surface area contributed by atoms with Crippen molar-refractivity contribution in [3.05, 3.63) is 0 Å². The number of carbonyl (C=O) groups is 2. The predicted molar refractivity (Wildman–Crippen MR) is 60.8 cm³/mol. The molecule has 1 amide bonds. The Hall–Kier alpha value is -1.54. The minimum absolute atomic E-state index is 0.0459. The fourth-order valence-electron chi connectivity index (χ4n) is 1.26. The van der Waals surface area contributed by atoms with Crippen LogP contribution in [0, 0.1) is 12.3 Å². The van der Waals surface area contributed by atoms with Crippen LogP contribution in [0.3, 0.4) is 0 Å². The Kier molecular flexibility index (Phi) is 6.19. The maximum Gasteiger partial charge on any atom is 0.317 e. The van der Waals surface area contributed by atoms with Gasteiger partial charge in [0.2, 0.25) is 5.91 Å². The fraction of sp³-hybridized carbons (Fsp3) is 0.636. The molecule has 0 fully saturated rings. The number of amides is 1. The molecule has 0 saturated heterocycles. The number of aliphatic carboxylic acids is 1. The van der Waals surface area contributed by atoms with Gasteiger partial charge in [-0.3, -0.25) is 14.9 Å². The van der Waals surface area contributed by atoms with E-state index < -0.39 is 11.5 Å². The second-order valence-corrected chi connectivity index (χ2v) is 3.48. The molecule has 0 aromatic rings. The molecular weight excluding hydrogens is 208 g/mol. The molecule has 16 heavy (non-hydrogen) atoms. The molecule has 0 aromatic carbocycles. The van der Waals surface area contributed by atoms with Crippen molar-refractivity contribution in [3.8, 4) is 12.3 Å². The van der Waals surface area contributed by atoms with Crippen LogP contribution in [0.2, 0.25) is 0 Å². The van der Waals surface area contributed by atoms with E-state index in [4.69, 9.17) is 11.5 Å². The summed E-state index contributed by atoms with van der Waals surface area (Å²) in [6.45, 7) is 3.51. The number of nitrogens with one attached hydrogen (secondary N) is 2. The van der Waals surface area contributed by atoms with E-state index in [-0.39, 0.29) is 19.0 Å². The molecule has 90 valence electrons. The monoisotopic (exact) mass is 226 g/mol. The molecule has 0 aliphatic heterocycles. The summed E-state index contributed by atoms with van der Waals surface area (Å²) in [6.07, 6.45) is 6.66. The average molecular weight is 226 g/mol. The standard InChI is InChI=1S/C11H18N2O3/c1-4-11(5-2,6-3)13-9(14)7-12-8-10(15)16/h1,12H,5-8H2,2-3H3,(H,13,14)(H,15,16). The van der Waals surface area contributed by atoms with Gasteiger partial charge in [-0.2, -0.15) is 0 Å². The zero-order valence-electron chi connectivity index (χ0n) is 9.67. The number of carboxylic acids is 1. The molecule has 0 heterocycles. The quantitative estimate of drug-likeness (QED) is 0.533. The molecule has 0 bridgehead atoms. The van der Waals surface area contributed by atoms with Crippen LogP contribution in [0.15, 0.2) is 0 Å². The average Bonchev–Trinajstić information content (AvgIpc) is 2.25. The fourth-order valence-corrected chi connectivity index (χ4v) is 1.26. The van der Waals surface area contributed by atoms with Crippen molar-refractivity contribution in [2.24, 2.45) is 0 Å². The molecule has 5 heteroatoms. The minimum atomic E-state index is -0.998. The van der Waals surface area contributed by atoms with Crippen LogP contribution in [0.1, 0.15) is 26.7 Å². The number of carbonyl (C=O) groups excluding carboxylic acids is 1. The van der Waals surface area contributed by atoms with Gasteiger partial charge < -0.3 is 10.4 Å². The van der Waals surface area contributed by atoms with Crippen LogP contribution in [-0.2, 0) is 9.59 Å². The summed E-state index contributed by atoms with van der Waals surface area (Å²) in [6, 6.07) is 0. The van der Waals surface area contributed by atoms with Gasteiger partial charge in [-0.1, -0.05) is 19.8 Å². The molecule has 0 aliphatic rings. The molecule has 0 spiro atoms. The van der Waals surface area contributed by atoms with E-state index in [1.165, 1.54) is 0 Å². The van der Waals surface area contributed by atoms with Crippen LogP contribution in [0.5, 0.6) is 0 Å². The van der Waals surface area contributed by atoms with Crippen molar-refractivity contribution >= 4 is 11.9 Å². The largest absolute Gasteiger partial charge is 0.480 e. The second kappa shape index (κ2) is 6.85. The first-order valence-electron chi connectivity index (χ1n) is 5.21. The van der Waals surface area contributed by atoms with E-state index in [2.05, 4.69) is 16.6 Å². The van der Waals surface area contributed by atoms with Crippen molar-refractivity contribution in [3.63, 3.8) is 0 Å². The van der Waals surface area contributed by atoms with Crippen molar-refractivity contribution < 1.29 is 14.7 Å². The number of hydrogen-bond donors (Lipinski definition) is 3. The predicted octanol–water partition coefficient (Wildman–Crippen LogP) is -0.0312. The molecule has 3 N–H and O–H groups in total. The smallest absolute Gasteiger partial charge is 0.317 e. The van der Waals surface area contributed by atoms with Gasteiger partial charge in [0.25, 0.3) is 0 Å². The SMILES string of the molecule is C#CC(CC)(CC)NC(=O)CNCC(=O)O. The van der Waals surface area contributed by atoms with Crippen LogP contribution in [0.25, 0.3) is 0 Å². The van der Waals surface area contributed by atoms with E-state index >= 15 is 0 Å². The summed E-state index contributed by atoms with van der Waals surface area (Å²) < 4.78 is 0. The minimum Gasteiger partial charge on any atom is -0.480 e. The summed E-state index contributed by atoms with van der Waals surface area (Å²) in [5.41, 5.74) is -0.623. The Morgan fingerprint density at radius 3 is 2.25 bits per heavy atom. The Morgan fingerprint density at radius 1 is 1.31 bits per heavy atom. The highest BCUT2D eigenvalue weighted by atomic mass is 16.4. The third kappa shape index (κ3) is 4.80. The zero-order chi connectivity index (χ0) is 12.6. The van der Waals surface area contributed by atoms with Crippen molar-refractivity contribution in [1.29, 1.82) is 0 Å². The lowest BCUT2D eigenvalue weighted by molar-refractivity contribution is -0.136. The van der Waals surface area contributed by atoms with Gasteiger partial charge in [0, 0.05) is 0 Å². The third-order valence-electron chi connectivity index (χ3n) is 2.42. The molecule has 0 unspecified atom stereocenters. The summed E-state index contributed by atoms with van der Waals surface area (Å²) in [7, 11) is 0. The van der Waals surface area contributed by atoms with Crippen molar-refractivity contribution in [2.45, 2.75) is 32.2 Å². The number of hydrogen-bond acceptors (Lipinski definition) is 3. The lowest BCUT2D eigenvalue weighted by atomic mass is 9.94. The molecule has 0 atom stereocenters. The topological polar surface area (TPSA) is 78.4 Å². The Labute approximate surface area is 95.6 Å². The van der Waals surface area contributed by atoms with Gasteiger partial charge in [-0.05, 0) is 12.8 Å². The Bertz CT molecular complexity index is 290. The summed E-state index contributed by atoms with van der Waals surface area (Å²) in [5, 5.41) is 13.6. The normalized spacial score (nSPS) is 10.6. The van der Waals surface area contributed by atoms with E-state index in [0.717, 1.165) is 0 Å². The van der Waals surface area contributed by atoms with Gasteiger partial charge >= 0.3 is 5.97 Å². The summed E-state index contributed by atoms with van der Waals surface area (Å²) >= 11 is 0.